The summed E-state index contributed by atoms with van der Waals surface area (Å²) in [4.78, 5) is 38.9. The van der Waals surface area contributed by atoms with Crippen LogP contribution in [0, 0.1) is 5.41 Å². The lowest BCUT2D eigenvalue weighted by molar-refractivity contribution is 0.0731. The molecule has 1 aliphatic heterocycles. The lowest BCUT2D eigenvalue weighted by Crippen LogP contribution is -2.49. The molecule has 0 atom stereocenters. The van der Waals surface area contributed by atoms with Gasteiger partial charge in [-0.1, -0.05) is 32.9 Å². The molecule has 0 radical (unpaired) electrons. The van der Waals surface area contributed by atoms with Crippen molar-refractivity contribution in [3.63, 3.8) is 0 Å². The van der Waals surface area contributed by atoms with Crippen LogP contribution in [0.25, 0.3) is 22.4 Å². The van der Waals surface area contributed by atoms with Crippen molar-refractivity contribution in [1.29, 1.82) is 0 Å². The Morgan fingerprint density at radius 2 is 1.78 bits per heavy atom. The molecule has 36 heavy (non-hydrogen) atoms. The summed E-state index contributed by atoms with van der Waals surface area (Å²) >= 11 is 0. The third kappa shape index (κ3) is 4.41. The molecule has 0 N–H and O–H groups in total. The van der Waals surface area contributed by atoms with Gasteiger partial charge in [-0.3, -0.25) is 13.9 Å². The number of piperazine rings is 1. The van der Waals surface area contributed by atoms with E-state index >= 15 is 0 Å². The molecule has 0 spiro atoms. The second-order valence-electron chi connectivity index (χ2n) is 10.7. The van der Waals surface area contributed by atoms with Gasteiger partial charge in [-0.15, -0.1) is 0 Å². The Morgan fingerprint density at radius 1 is 1.03 bits per heavy atom. The molecule has 9 nitrogen and oxygen atoms in total. The molecule has 188 valence electrons. The van der Waals surface area contributed by atoms with E-state index in [1.807, 2.05) is 40.8 Å². The highest BCUT2D eigenvalue weighted by Gasteiger charge is 2.25. The standard InChI is InChI=1S/C27H33N7O2/c1-27(2,3)18-34-22-10-9-21(29-23(22)31(5)26(34)36)19-7-6-8-20(17-19)32-13-15-33(16-14-32)25(35)24-28-11-12-30(24)4/h6-12,17H,13-16,18H2,1-5H3. The summed E-state index contributed by atoms with van der Waals surface area (Å²) in [6, 6.07) is 12.3. The Balaban J connectivity index is 1.36. The van der Waals surface area contributed by atoms with Gasteiger partial charge < -0.3 is 14.4 Å². The molecule has 1 fully saturated rings. The summed E-state index contributed by atoms with van der Waals surface area (Å²) in [6.07, 6.45) is 3.44. The molecule has 9 heteroatoms. The second-order valence-corrected chi connectivity index (χ2v) is 10.7. The predicted molar refractivity (Wildman–Crippen MR) is 141 cm³/mol. The largest absolute Gasteiger partial charge is 0.368 e. The van der Waals surface area contributed by atoms with E-state index in [1.54, 1.807) is 28.6 Å². The van der Waals surface area contributed by atoms with Crippen LogP contribution in [0.2, 0.25) is 0 Å². The number of anilines is 1. The average molecular weight is 488 g/mol. The van der Waals surface area contributed by atoms with E-state index in [4.69, 9.17) is 4.98 Å². The van der Waals surface area contributed by atoms with E-state index in [0.29, 0.717) is 31.1 Å². The summed E-state index contributed by atoms with van der Waals surface area (Å²) in [7, 11) is 3.62. The second kappa shape index (κ2) is 8.96. The van der Waals surface area contributed by atoms with Gasteiger partial charge in [-0.25, -0.2) is 14.8 Å². The number of hydrogen-bond donors (Lipinski definition) is 0. The van der Waals surface area contributed by atoms with Gasteiger partial charge in [0.15, 0.2) is 11.5 Å². The van der Waals surface area contributed by atoms with Gasteiger partial charge in [0.25, 0.3) is 5.91 Å². The van der Waals surface area contributed by atoms with Crippen LogP contribution in [0.5, 0.6) is 0 Å². The van der Waals surface area contributed by atoms with Crippen LogP contribution in [-0.2, 0) is 20.6 Å². The van der Waals surface area contributed by atoms with Crippen molar-refractivity contribution in [1.82, 2.24) is 28.6 Å². The van der Waals surface area contributed by atoms with Crippen molar-refractivity contribution < 1.29 is 4.79 Å². The maximum Gasteiger partial charge on any atom is 0.330 e. The van der Waals surface area contributed by atoms with Gasteiger partial charge in [-0.05, 0) is 29.7 Å². The Morgan fingerprint density at radius 3 is 2.44 bits per heavy atom. The van der Waals surface area contributed by atoms with E-state index in [-0.39, 0.29) is 17.0 Å². The van der Waals surface area contributed by atoms with Crippen molar-refractivity contribution in [3.8, 4) is 11.3 Å². The van der Waals surface area contributed by atoms with E-state index in [2.05, 4.69) is 42.8 Å². The van der Waals surface area contributed by atoms with Gasteiger partial charge >= 0.3 is 5.69 Å². The van der Waals surface area contributed by atoms with Gasteiger partial charge in [-0.2, -0.15) is 0 Å². The Bertz CT molecular complexity index is 1480. The normalized spacial score (nSPS) is 14.6. The molecule has 4 aromatic rings. The summed E-state index contributed by atoms with van der Waals surface area (Å²) in [5.41, 5.74) is 4.40. The zero-order valence-electron chi connectivity index (χ0n) is 21.6. The number of aryl methyl sites for hydroxylation is 2. The van der Waals surface area contributed by atoms with Crippen molar-refractivity contribution in [3.05, 3.63) is 65.1 Å². The molecule has 0 bridgehead atoms. The molecular weight excluding hydrogens is 454 g/mol. The number of imidazole rings is 2. The van der Waals surface area contributed by atoms with Gasteiger partial charge in [0, 0.05) is 70.5 Å². The van der Waals surface area contributed by atoms with Crippen LogP contribution in [0.15, 0.2) is 53.6 Å². The van der Waals surface area contributed by atoms with Crippen LogP contribution in [-0.4, -0.2) is 60.7 Å². The molecule has 0 aliphatic carbocycles. The van der Waals surface area contributed by atoms with E-state index < -0.39 is 0 Å². The monoisotopic (exact) mass is 487 g/mol. The van der Waals surface area contributed by atoms with Crippen LogP contribution in [0.1, 0.15) is 31.4 Å². The van der Waals surface area contributed by atoms with E-state index in [1.165, 1.54) is 0 Å². The Kier molecular flexibility index (Phi) is 5.94. The van der Waals surface area contributed by atoms with E-state index in [9.17, 15) is 9.59 Å². The van der Waals surface area contributed by atoms with Crippen molar-refractivity contribution >= 4 is 22.8 Å². The van der Waals surface area contributed by atoms with Gasteiger partial charge in [0.05, 0.1) is 11.2 Å². The molecule has 0 saturated carbocycles. The van der Waals surface area contributed by atoms with Crippen LogP contribution < -0.4 is 10.6 Å². The Labute approximate surface area is 210 Å². The number of fused-ring (bicyclic) bond motifs is 1. The zero-order valence-corrected chi connectivity index (χ0v) is 21.6. The molecule has 0 unspecified atom stereocenters. The fourth-order valence-corrected chi connectivity index (χ4v) is 4.80. The number of amides is 1. The molecule has 1 amide bonds. The quantitative estimate of drug-likeness (QED) is 0.442. The summed E-state index contributed by atoms with van der Waals surface area (Å²) in [6.45, 7) is 9.79. The highest BCUT2D eigenvalue weighted by Crippen LogP contribution is 2.27. The third-order valence-corrected chi connectivity index (χ3v) is 6.70. The zero-order chi connectivity index (χ0) is 25.6. The highest BCUT2D eigenvalue weighted by molar-refractivity contribution is 5.91. The minimum absolute atomic E-state index is 0.0167. The number of aromatic nitrogens is 5. The summed E-state index contributed by atoms with van der Waals surface area (Å²) in [5, 5.41) is 0. The first kappa shape index (κ1) is 23.8. The first-order valence-electron chi connectivity index (χ1n) is 12.3. The summed E-state index contributed by atoms with van der Waals surface area (Å²) < 4.78 is 5.20. The van der Waals surface area contributed by atoms with Crippen LogP contribution in [0.3, 0.4) is 0 Å². The minimum Gasteiger partial charge on any atom is -0.368 e. The molecular formula is C27H33N7O2. The fourth-order valence-electron chi connectivity index (χ4n) is 4.80. The number of pyridine rings is 1. The lowest BCUT2D eigenvalue weighted by atomic mass is 9.97. The van der Waals surface area contributed by atoms with Crippen LogP contribution in [0.4, 0.5) is 5.69 Å². The SMILES string of the molecule is Cn1ccnc1C(=O)N1CCN(c2cccc(-c3ccc4c(n3)n(C)c(=O)n4CC(C)(C)C)c2)CC1. The molecule has 4 heterocycles. The fraction of sp³-hybridized carbons (Fsp3) is 0.407. The highest BCUT2D eigenvalue weighted by atomic mass is 16.2. The number of carbonyl (C=O) groups is 1. The van der Waals surface area contributed by atoms with Crippen molar-refractivity contribution in [2.75, 3.05) is 31.1 Å². The number of nitrogens with zero attached hydrogens (tertiary/aromatic N) is 7. The molecule has 5 rings (SSSR count). The third-order valence-electron chi connectivity index (χ3n) is 6.70. The molecule has 1 aliphatic rings. The number of benzene rings is 1. The predicted octanol–water partition coefficient (Wildman–Crippen LogP) is 3.14. The van der Waals surface area contributed by atoms with Crippen molar-refractivity contribution in [2.45, 2.75) is 27.3 Å². The molecule has 1 saturated heterocycles. The van der Waals surface area contributed by atoms with E-state index in [0.717, 1.165) is 35.6 Å². The molecule has 1 aromatic carbocycles. The summed E-state index contributed by atoms with van der Waals surface area (Å²) in [5.74, 6) is 0.440. The first-order chi connectivity index (χ1) is 17.1. The number of hydrogen-bond acceptors (Lipinski definition) is 5. The van der Waals surface area contributed by atoms with Crippen LogP contribution >= 0.6 is 0 Å². The lowest BCUT2D eigenvalue weighted by Gasteiger charge is -2.36. The van der Waals surface area contributed by atoms with Crippen molar-refractivity contribution in [2.24, 2.45) is 19.5 Å². The average Bonchev–Trinajstić information content (AvgIpc) is 3.39. The maximum absolute atomic E-state index is 12.9. The topological polar surface area (TPSA) is 81.2 Å². The molecule has 3 aromatic heterocycles. The smallest absolute Gasteiger partial charge is 0.330 e. The number of carbonyl (C=O) groups excluding carboxylic acids is 1. The van der Waals surface area contributed by atoms with Gasteiger partial charge in [0.1, 0.15) is 0 Å². The maximum atomic E-state index is 12.9. The number of rotatable bonds is 4. The van der Waals surface area contributed by atoms with Gasteiger partial charge in [0.2, 0.25) is 0 Å². The minimum atomic E-state index is -0.0451. The Hall–Kier alpha value is -3.88. The first-order valence-corrected chi connectivity index (χ1v) is 12.3.